The fourth-order valence-electron chi connectivity index (χ4n) is 9.16. The Labute approximate surface area is 300 Å². The van der Waals surface area contributed by atoms with Crippen LogP contribution in [-0.2, 0) is 18.9 Å². The van der Waals surface area contributed by atoms with E-state index in [1.165, 1.54) is 11.3 Å². The Bertz CT molecular complexity index is 1330. The minimum absolute atomic E-state index is 0.0623. The number of carbonyl (C=O) groups excluding carboxylic acids is 4. The summed E-state index contributed by atoms with van der Waals surface area (Å²) in [6, 6.07) is 6.48. The number of nitrogens with one attached hydrogen (secondary N) is 2. The maximum Gasteiger partial charge on any atom is 0.481 e. The summed E-state index contributed by atoms with van der Waals surface area (Å²) in [5.74, 6) is 0.661. The number of rotatable bonds is 20. The lowest BCUT2D eigenvalue weighted by molar-refractivity contribution is -0.199. The maximum absolute atomic E-state index is 13.6. The highest BCUT2D eigenvalue weighted by Crippen LogP contribution is 2.65. The number of fused-ring (bicyclic) bond motifs is 1. The third-order valence-electron chi connectivity index (χ3n) is 12.2. The van der Waals surface area contributed by atoms with Gasteiger partial charge in [-0.25, -0.2) is 0 Å². The van der Waals surface area contributed by atoms with Crippen molar-refractivity contribution in [3.05, 3.63) is 35.4 Å². The van der Waals surface area contributed by atoms with Gasteiger partial charge in [-0.1, -0.05) is 98.1 Å². The summed E-state index contributed by atoms with van der Waals surface area (Å²) in [6.07, 6.45) is 14.0. The van der Waals surface area contributed by atoms with Crippen molar-refractivity contribution >= 4 is 30.7 Å². The van der Waals surface area contributed by atoms with Gasteiger partial charge in [0.15, 0.2) is 0 Å². The number of benzene rings is 1. The second-order valence-electron chi connectivity index (χ2n) is 16.7. The molecule has 10 heteroatoms. The lowest BCUT2D eigenvalue weighted by atomic mass is 9.43. The van der Waals surface area contributed by atoms with Gasteiger partial charge in [0.25, 0.3) is 11.8 Å². The zero-order chi connectivity index (χ0) is 36.1. The Morgan fingerprint density at radius 3 is 2.08 bits per heavy atom. The summed E-state index contributed by atoms with van der Waals surface area (Å²) in [5, 5.41) is 6.28. The quantitative estimate of drug-likeness (QED) is 0.0845. The van der Waals surface area contributed by atoms with E-state index in [2.05, 4.69) is 45.3 Å². The van der Waals surface area contributed by atoms with Gasteiger partial charge in [0.1, 0.15) is 6.04 Å². The van der Waals surface area contributed by atoms with Crippen LogP contribution >= 0.6 is 0 Å². The first-order chi connectivity index (χ1) is 23.9. The predicted octanol–water partition coefficient (Wildman–Crippen LogP) is 7.27. The van der Waals surface area contributed by atoms with Crippen molar-refractivity contribution in [2.75, 3.05) is 6.54 Å². The highest BCUT2D eigenvalue weighted by molar-refractivity contribution is 6.48. The summed E-state index contributed by atoms with van der Waals surface area (Å²) in [5.41, 5.74) is 0.965. The molecule has 9 nitrogen and oxygen atoms in total. The highest BCUT2D eigenvalue weighted by atomic mass is 16.7. The van der Waals surface area contributed by atoms with E-state index in [-0.39, 0.29) is 46.7 Å². The van der Waals surface area contributed by atoms with Crippen LogP contribution in [-0.4, -0.2) is 65.9 Å². The summed E-state index contributed by atoms with van der Waals surface area (Å²) in [4.78, 5) is 52.9. The minimum atomic E-state index is -0.565. The number of carbonyl (C=O) groups is 4. The first-order valence-corrected chi connectivity index (χ1v) is 19.7. The number of nitrogens with zero attached hydrogens (tertiary/aromatic N) is 1. The summed E-state index contributed by atoms with van der Waals surface area (Å²) < 4.78 is 13.3. The molecule has 2 heterocycles. The topological polar surface area (TPSA) is 114 Å². The van der Waals surface area contributed by atoms with Crippen LogP contribution in [0.5, 0.6) is 0 Å². The zero-order valence-corrected chi connectivity index (χ0v) is 31.6. The van der Waals surface area contributed by atoms with Gasteiger partial charge >= 0.3 is 7.12 Å². The van der Waals surface area contributed by atoms with E-state index in [4.69, 9.17) is 9.31 Å². The molecule has 1 aromatic rings. The van der Waals surface area contributed by atoms with Crippen molar-refractivity contribution in [3.63, 3.8) is 0 Å². The SMILES string of the molecule is CCC[C@H](NC(=O)CCCCCCCCCCCN1C(=O)c2ccccc2C1=O)C(=O)N[C@@H](CC(C)C)B1O[C@@H]2C[C@@H]3C[C@@H](C3(C)C)[C@]2(C)O1. The first kappa shape index (κ1) is 38.5. The fraction of sp³-hybridized carbons (Fsp3) is 0.750. The van der Waals surface area contributed by atoms with Gasteiger partial charge in [-0.3, -0.25) is 24.1 Å². The zero-order valence-electron chi connectivity index (χ0n) is 31.6. The molecule has 6 rings (SSSR count). The van der Waals surface area contributed by atoms with Crippen molar-refractivity contribution in [2.24, 2.45) is 23.2 Å². The number of amides is 4. The van der Waals surface area contributed by atoms with Gasteiger partial charge in [-0.15, -0.1) is 0 Å². The standard InChI is InChI=1S/C40H62BN3O6/c1-7-19-31(36(46)43-34(24-27(2)3)41-49-33-26-28-25-32(39(28,4)5)40(33,6)50-41)42-35(45)22-15-13-11-9-8-10-12-14-18-23-44-37(47)29-20-16-17-21-30(29)38(44)48/h16-17,20-21,27-28,31-34H,7-15,18-19,22-26H2,1-6H3,(H,42,45)(H,43,46)/t28-,31-,32-,33+,34-,40-/m0/s1. The lowest BCUT2D eigenvalue weighted by Gasteiger charge is -2.64. The van der Waals surface area contributed by atoms with E-state index in [0.717, 1.165) is 77.0 Å². The molecule has 3 saturated carbocycles. The molecule has 3 aliphatic carbocycles. The van der Waals surface area contributed by atoms with Crippen LogP contribution in [0.3, 0.4) is 0 Å². The van der Waals surface area contributed by atoms with Crippen molar-refractivity contribution in [1.82, 2.24) is 15.5 Å². The first-order valence-electron chi connectivity index (χ1n) is 19.7. The molecule has 2 bridgehead atoms. The summed E-state index contributed by atoms with van der Waals surface area (Å²) in [6.45, 7) is 13.7. The van der Waals surface area contributed by atoms with E-state index in [1.54, 1.807) is 24.3 Å². The Balaban J connectivity index is 0.953. The number of imide groups is 1. The van der Waals surface area contributed by atoms with Gasteiger partial charge in [0.05, 0.1) is 28.8 Å². The van der Waals surface area contributed by atoms with Crippen molar-refractivity contribution < 1.29 is 28.5 Å². The van der Waals surface area contributed by atoms with Crippen molar-refractivity contribution in [3.8, 4) is 0 Å². The summed E-state index contributed by atoms with van der Waals surface area (Å²) >= 11 is 0. The van der Waals surface area contributed by atoms with E-state index in [9.17, 15) is 19.2 Å². The van der Waals surface area contributed by atoms with E-state index in [0.29, 0.717) is 48.3 Å². The van der Waals surface area contributed by atoms with Crippen LogP contribution in [0.1, 0.15) is 159 Å². The molecular formula is C40H62BN3O6. The maximum atomic E-state index is 13.6. The Morgan fingerprint density at radius 1 is 0.900 bits per heavy atom. The van der Waals surface area contributed by atoms with Crippen LogP contribution in [0.4, 0.5) is 0 Å². The lowest BCUT2D eigenvalue weighted by Crippen LogP contribution is -2.65. The Morgan fingerprint density at radius 2 is 1.50 bits per heavy atom. The predicted molar refractivity (Wildman–Crippen MR) is 196 cm³/mol. The molecule has 0 aromatic heterocycles. The Kier molecular flexibility index (Phi) is 12.9. The highest BCUT2D eigenvalue weighted by Gasteiger charge is 2.68. The van der Waals surface area contributed by atoms with Crippen LogP contribution in [0.15, 0.2) is 24.3 Å². The molecule has 1 saturated heterocycles. The largest absolute Gasteiger partial charge is 0.481 e. The minimum Gasteiger partial charge on any atom is -0.404 e. The molecule has 0 radical (unpaired) electrons. The van der Waals surface area contributed by atoms with Crippen LogP contribution in [0, 0.1) is 23.2 Å². The molecule has 2 aliphatic heterocycles. The van der Waals surface area contributed by atoms with Gasteiger partial charge in [0.2, 0.25) is 11.8 Å². The third kappa shape index (κ3) is 8.49. The normalized spacial score (nSPS) is 26.0. The smallest absolute Gasteiger partial charge is 0.404 e. The van der Waals surface area contributed by atoms with Gasteiger partial charge in [0, 0.05) is 13.0 Å². The molecule has 1 aromatic carbocycles. The second kappa shape index (κ2) is 16.7. The summed E-state index contributed by atoms with van der Waals surface area (Å²) in [7, 11) is -0.478. The Hall–Kier alpha value is -2.72. The van der Waals surface area contributed by atoms with Crippen molar-refractivity contribution in [2.45, 2.75) is 162 Å². The number of hydrogen-bond acceptors (Lipinski definition) is 6. The molecule has 276 valence electrons. The van der Waals surface area contributed by atoms with Crippen LogP contribution in [0.25, 0.3) is 0 Å². The molecule has 4 amide bonds. The molecule has 0 unspecified atom stereocenters. The molecular weight excluding hydrogens is 629 g/mol. The van der Waals surface area contributed by atoms with Gasteiger partial charge in [-0.2, -0.15) is 0 Å². The molecule has 2 N–H and O–H groups in total. The number of hydrogen-bond donors (Lipinski definition) is 2. The van der Waals surface area contributed by atoms with E-state index in [1.807, 2.05) is 6.92 Å². The van der Waals surface area contributed by atoms with Crippen LogP contribution < -0.4 is 10.6 Å². The number of unbranched alkanes of at least 4 members (excludes halogenated alkanes) is 8. The monoisotopic (exact) mass is 691 g/mol. The van der Waals surface area contributed by atoms with E-state index >= 15 is 0 Å². The average molecular weight is 692 g/mol. The molecule has 6 atom stereocenters. The fourth-order valence-corrected chi connectivity index (χ4v) is 9.16. The second-order valence-corrected chi connectivity index (χ2v) is 16.7. The van der Waals surface area contributed by atoms with Gasteiger partial charge < -0.3 is 19.9 Å². The molecule has 0 spiro atoms. The molecule has 50 heavy (non-hydrogen) atoms. The molecule has 5 aliphatic rings. The van der Waals surface area contributed by atoms with Crippen LogP contribution in [0.2, 0.25) is 0 Å². The average Bonchev–Trinajstić information content (AvgIpc) is 3.56. The third-order valence-corrected chi connectivity index (χ3v) is 12.2. The van der Waals surface area contributed by atoms with Gasteiger partial charge in [-0.05, 0) is 80.8 Å². The van der Waals surface area contributed by atoms with E-state index < -0.39 is 13.2 Å². The molecule has 4 fully saturated rings. The van der Waals surface area contributed by atoms with Crippen molar-refractivity contribution in [1.29, 1.82) is 0 Å².